The third-order valence-electron chi connectivity index (χ3n) is 2.61. The van der Waals surface area contributed by atoms with Crippen LogP contribution >= 0.6 is 0 Å². The summed E-state index contributed by atoms with van der Waals surface area (Å²) in [6.07, 6.45) is 3.31. The lowest BCUT2D eigenvalue weighted by Crippen LogP contribution is -2.26. The van der Waals surface area contributed by atoms with Crippen LogP contribution in [0.1, 0.15) is 30.3 Å². The van der Waals surface area contributed by atoms with Crippen molar-refractivity contribution in [2.24, 2.45) is 7.05 Å². The number of carbonyl (C=O) groups excluding carboxylic acids is 1. The summed E-state index contributed by atoms with van der Waals surface area (Å²) in [6.45, 7) is 2.63. The van der Waals surface area contributed by atoms with Crippen LogP contribution in [0.25, 0.3) is 0 Å². The Bertz CT molecular complexity index is 520. The van der Waals surface area contributed by atoms with Gasteiger partial charge in [-0.05, 0) is 19.5 Å². The molecule has 0 aliphatic heterocycles. The van der Waals surface area contributed by atoms with Crippen molar-refractivity contribution in [3.8, 4) is 0 Å². The van der Waals surface area contributed by atoms with Crippen molar-refractivity contribution in [1.82, 2.24) is 14.6 Å². The Hall–Kier alpha value is -1.34. The number of hydrogen-bond acceptors (Lipinski definition) is 3. The van der Waals surface area contributed by atoms with E-state index in [0.717, 1.165) is 12.8 Å². The predicted molar refractivity (Wildman–Crippen MR) is 68.9 cm³/mol. The Morgan fingerprint density at radius 1 is 1.44 bits per heavy atom. The van der Waals surface area contributed by atoms with Gasteiger partial charge in [0.15, 0.2) is 0 Å². The highest BCUT2D eigenvalue weighted by Gasteiger charge is 2.18. The summed E-state index contributed by atoms with van der Waals surface area (Å²) in [5.41, 5.74) is 0.333. The standard InChI is InChI=1S/C11H19N3O3S/c1-4-5-6-13-11(15)10-7-9(8-14(10)3)18(16,17)12-2/h7-8,12H,4-6H2,1-3H3,(H,13,15). The Balaban J connectivity index is 2.88. The molecule has 7 heteroatoms. The van der Waals surface area contributed by atoms with Crippen LogP contribution < -0.4 is 10.0 Å². The highest BCUT2D eigenvalue weighted by atomic mass is 32.2. The van der Waals surface area contributed by atoms with Crippen molar-refractivity contribution in [3.63, 3.8) is 0 Å². The molecule has 1 amide bonds. The molecule has 102 valence electrons. The highest BCUT2D eigenvalue weighted by molar-refractivity contribution is 7.89. The number of carbonyl (C=O) groups is 1. The summed E-state index contributed by atoms with van der Waals surface area (Å²) in [4.78, 5) is 11.9. The largest absolute Gasteiger partial charge is 0.351 e. The van der Waals surface area contributed by atoms with E-state index >= 15 is 0 Å². The van der Waals surface area contributed by atoms with E-state index in [2.05, 4.69) is 10.0 Å². The average molecular weight is 273 g/mol. The van der Waals surface area contributed by atoms with Crippen molar-refractivity contribution < 1.29 is 13.2 Å². The van der Waals surface area contributed by atoms with Crippen LogP contribution in [0, 0.1) is 0 Å². The summed E-state index contributed by atoms with van der Waals surface area (Å²) in [5.74, 6) is -0.261. The third kappa shape index (κ3) is 3.33. The van der Waals surface area contributed by atoms with Crippen LogP contribution in [0.2, 0.25) is 0 Å². The van der Waals surface area contributed by atoms with Crippen LogP contribution in [-0.4, -0.2) is 32.5 Å². The summed E-state index contributed by atoms with van der Waals surface area (Å²) in [6, 6.07) is 1.37. The van der Waals surface area contributed by atoms with Gasteiger partial charge in [0.05, 0.1) is 0 Å². The van der Waals surface area contributed by atoms with Crippen LogP contribution in [0.15, 0.2) is 17.2 Å². The quantitative estimate of drug-likeness (QED) is 0.739. The van der Waals surface area contributed by atoms with Crippen molar-refractivity contribution in [2.75, 3.05) is 13.6 Å². The molecule has 0 aromatic carbocycles. The number of unbranched alkanes of at least 4 members (excludes halogenated alkanes) is 1. The number of amides is 1. The van der Waals surface area contributed by atoms with E-state index in [9.17, 15) is 13.2 Å². The zero-order valence-corrected chi connectivity index (χ0v) is 11.7. The van der Waals surface area contributed by atoms with Gasteiger partial charge in [-0.1, -0.05) is 13.3 Å². The second-order valence-corrected chi connectivity index (χ2v) is 5.88. The molecular formula is C11H19N3O3S. The molecule has 0 saturated heterocycles. The Morgan fingerprint density at radius 3 is 2.67 bits per heavy atom. The molecule has 0 spiro atoms. The summed E-state index contributed by atoms with van der Waals surface area (Å²) in [7, 11) is -0.530. The fourth-order valence-corrected chi connectivity index (χ4v) is 2.29. The van der Waals surface area contributed by atoms with Crippen LogP contribution in [0.5, 0.6) is 0 Å². The predicted octanol–water partition coefficient (Wildman–Crippen LogP) is 0.463. The lowest BCUT2D eigenvalue weighted by Gasteiger charge is -2.04. The van der Waals surface area contributed by atoms with E-state index in [1.54, 1.807) is 7.05 Å². The Labute approximate surface area is 107 Å². The zero-order valence-electron chi connectivity index (χ0n) is 10.9. The highest BCUT2D eigenvalue weighted by Crippen LogP contribution is 2.12. The van der Waals surface area contributed by atoms with Crippen LogP contribution in [0.3, 0.4) is 0 Å². The molecule has 0 radical (unpaired) electrons. The van der Waals surface area contributed by atoms with Gasteiger partial charge in [0.1, 0.15) is 10.6 Å². The molecule has 18 heavy (non-hydrogen) atoms. The fourth-order valence-electron chi connectivity index (χ4n) is 1.49. The van der Waals surface area contributed by atoms with Crippen molar-refractivity contribution in [1.29, 1.82) is 0 Å². The summed E-state index contributed by atoms with van der Waals surface area (Å²) < 4.78 is 26.9. The second kappa shape index (κ2) is 6.01. The first-order valence-electron chi connectivity index (χ1n) is 5.80. The maximum Gasteiger partial charge on any atom is 0.267 e. The Kier molecular flexibility index (Phi) is 4.92. The van der Waals surface area contributed by atoms with Gasteiger partial charge in [0.25, 0.3) is 5.91 Å². The molecule has 1 aromatic rings. The molecule has 1 heterocycles. The number of sulfonamides is 1. The van der Waals surface area contributed by atoms with E-state index in [0.29, 0.717) is 12.2 Å². The smallest absolute Gasteiger partial charge is 0.267 e. The maximum absolute atomic E-state index is 11.8. The van der Waals surface area contributed by atoms with Gasteiger partial charge in [0, 0.05) is 19.8 Å². The fraction of sp³-hybridized carbons (Fsp3) is 0.545. The van der Waals surface area contributed by atoms with Gasteiger partial charge in [-0.25, -0.2) is 13.1 Å². The van der Waals surface area contributed by atoms with E-state index < -0.39 is 10.0 Å². The minimum Gasteiger partial charge on any atom is -0.351 e. The first-order chi connectivity index (χ1) is 8.42. The molecule has 0 fully saturated rings. The minimum atomic E-state index is -3.51. The number of nitrogens with zero attached hydrogens (tertiary/aromatic N) is 1. The first kappa shape index (κ1) is 14.7. The van der Waals surface area contributed by atoms with E-state index in [1.165, 1.54) is 23.9 Å². The maximum atomic E-state index is 11.8. The van der Waals surface area contributed by atoms with Gasteiger partial charge in [-0.2, -0.15) is 0 Å². The molecular weight excluding hydrogens is 254 g/mol. The molecule has 2 N–H and O–H groups in total. The monoisotopic (exact) mass is 273 g/mol. The van der Waals surface area contributed by atoms with Crippen molar-refractivity contribution in [3.05, 3.63) is 18.0 Å². The second-order valence-electron chi connectivity index (χ2n) is 3.99. The molecule has 0 aliphatic rings. The number of aromatic nitrogens is 1. The molecule has 6 nitrogen and oxygen atoms in total. The molecule has 0 atom stereocenters. The number of nitrogens with one attached hydrogen (secondary N) is 2. The molecule has 1 aromatic heterocycles. The Morgan fingerprint density at radius 2 is 2.11 bits per heavy atom. The van der Waals surface area contributed by atoms with Crippen LogP contribution in [-0.2, 0) is 17.1 Å². The van der Waals surface area contributed by atoms with Gasteiger partial charge >= 0.3 is 0 Å². The molecule has 1 rings (SSSR count). The first-order valence-corrected chi connectivity index (χ1v) is 7.28. The minimum absolute atomic E-state index is 0.0909. The number of aryl methyl sites for hydroxylation is 1. The molecule has 0 aliphatic carbocycles. The lowest BCUT2D eigenvalue weighted by atomic mass is 10.3. The zero-order chi connectivity index (χ0) is 13.8. The van der Waals surface area contributed by atoms with E-state index in [1.807, 2.05) is 6.92 Å². The normalized spacial score (nSPS) is 11.5. The third-order valence-corrected chi connectivity index (χ3v) is 3.99. The van der Waals surface area contributed by atoms with Gasteiger partial charge in [-0.3, -0.25) is 4.79 Å². The van der Waals surface area contributed by atoms with E-state index in [-0.39, 0.29) is 10.8 Å². The van der Waals surface area contributed by atoms with Gasteiger partial charge in [0.2, 0.25) is 10.0 Å². The van der Waals surface area contributed by atoms with Crippen LogP contribution in [0.4, 0.5) is 0 Å². The number of rotatable bonds is 6. The summed E-state index contributed by atoms with van der Waals surface area (Å²) >= 11 is 0. The molecule has 0 bridgehead atoms. The van der Waals surface area contributed by atoms with Gasteiger partial charge < -0.3 is 9.88 Å². The van der Waals surface area contributed by atoms with Crippen molar-refractivity contribution in [2.45, 2.75) is 24.7 Å². The van der Waals surface area contributed by atoms with Gasteiger partial charge in [-0.15, -0.1) is 0 Å². The van der Waals surface area contributed by atoms with E-state index in [4.69, 9.17) is 0 Å². The van der Waals surface area contributed by atoms with Crippen molar-refractivity contribution >= 4 is 15.9 Å². The average Bonchev–Trinajstić information content (AvgIpc) is 2.72. The summed E-state index contributed by atoms with van der Waals surface area (Å²) in [5, 5.41) is 2.75. The lowest BCUT2D eigenvalue weighted by molar-refractivity contribution is 0.0945. The molecule has 0 unspecified atom stereocenters. The SMILES string of the molecule is CCCCNC(=O)c1cc(S(=O)(=O)NC)cn1C. The number of hydrogen-bond donors (Lipinski definition) is 2. The molecule has 0 saturated carbocycles. The topological polar surface area (TPSA) is 80.2 Å².